The maximum absolute atomic E-state index is 14.1. The van der Waals surface area contributed by atoms with Gasteiger partial charge in [0.15, 0.2) is 16.3 Å². The van der Waals surface area contributed by atoms with Gasteiger partial charge in [0.25, 0.3) is 5.56 Å². The normalized spacial score (nSPS) is 15.7. The molecule has 0 amide bonds. The Bertz CT molecular complexity index is 2150. The van der Waals surface area contributed by atoms with E-state index < -0.39 is 12.0 Å². The second-order valence-electron chi connectivity index (χ2n) is 9.87. The van der Waals surface area contributed by atoms with Crippen LogP contribution in [0.25, 0.3) is 23.1 Å². The van der Waals surface area contributed by atoms with E-state index in [-0.39, 0.29) is 24.5 Å². The lowest BCUT2D eigenvalue weighted by molar-refractivity contribution is -0.138. The number of hydrogen-bond acceptors (Lipinski definition) is 8. The summed E-state index contributed by atoms with van der Waals surface area (Å²) in [5.41, 5.74) is 2.37. The Kier molecular flexibility index (Phi) is 7.37. The minimum atomic E-state index is -0.850. The number of carbonyl (C=O) groups is 1. The smallest absolute Gasteiger partial charge is 0.338 e. The molecule has 0 unspecified atom stereocenters. The van der Waals surface area contributed by atoms with E-state index in [2.05, 4.69) is 0 Å². The molecule has 0 aliphatic carbocycles. The fraction of sp³-hybridized carbons (Fsp3) is 0.121. The summed E-state index contributed by atoms with van der Waals surface area (Å²) in [5, 5.41) is 0.960. The number of esters is 1. The Balaban J connectivity index is 1.43. The monoisotopic (exact) mass is 644 g/mol. The maximum Gasteiger partial charge on any atom is 0.338 e. The first kappa shape index (κ1) is 28.2. The molecule has 1 atom stereocenters. The Hall–Kier alpha value is -4.57. The number of fused-ring (bicyclic) bond motifs is 2. The number of hydrogen-bond donors (Lipinski definition) is 0. The third-order valence-corrected chi connectivity index (χ3v) is 8.71. The number of ether oxygens (including phenoxy) is 3. The number of nitrogens with zero attached hydrogens (tertiary/aromatic N) is 2. The van der Waals surface area contributed by atoms with E-state index in [1.165, 1.54) is 15.9 Å². The van der Waals surface area contributed by atoms with Gasteiger partial charge < -0.3 is 18.6 Å². The van der Waals surface area contributed by atoms with Gasteiger partial charge in [-0.25, -0.2) is 9.79 Å². The first-order chi connectivity index (χ1) is 21.4. The van der Waals surface area contributed by atoms with Crippen molar-refractivity contribution in [3.05, 3.63) is 131 Å². The van der Waals surface area contributed by atoms with Crippen LogP contribution in [0.5, 0.6) is 11.5 Å². The molecular formula is C33H22Cl2N2O6S. The molecule has 5 aromatic rings. The molecule has 7 rings (SSSR count). The average Bonchev–Trinajstić information content (AvgIpc) is 3.76. The van der Waals surface area contributed by atoms with Crippen LogP contribution in [-0.4, -0.2) is 23.9 Å². The minimum absolute atomic E-state index is 0.0871. The fourth-order valence-electron chi connectivity index (χ4n) is 5.23. The number of carbonyl (C=O) groups excluding carboxylic acids is 1. The van der Waals surface area contributed by atoms with Crippen LogP contribution in [-0.2, 0) is 9.53 Å². The van der Waals surface area contributed by atoms with E-state index >= 15 is 0 Å². The molecular weight excluding hydrogens is 623 g/mol. The van der Waals surface area contributed by atoms with Crippen LogP contribution in [0.3, 0.4) is 0 Å². The number of rotatable bonds is 6. The van der Waals surface area contributed by atoms with Crippen molar-refractivity contribution >= 4 is 52.3 Å². The average molecular weight is 646 g/mol. The summed E-state index contributed by atoms with van der Waals surface area (Å²) >= 11 is 13.6. The van der Waals surface area contributed by atoms with Crippen molar-refractivity contribution in [2.45, 2.75) is 13.0 Å². The molecule has 8 nitrogen and oxygen atoms in total. The van der Waals surface area contributed by atoms with Gasteiger partial charge in [0.2, 0.25) is 6.79 Å². The van der Waals surface area contributed by atoms with Crippen LogP contribution in [0, 0.1) is 0 Å². The van der Waals surface area contributed by atoms with Crippen molar-refractivity contribution in [1.82, 2.24) is 4.57 Å². The van der Waals surface area contributed by atoms with Gasteiger partial charge in [-0.05, 0) is 55.0 Å². The highest BCUT2D eigenvalue weighted by atomic mass is 35.5. The third kappa shape index (κ3) is 5.02. The van der Waals surface area contributed by atoms with E-state index in [0.717, 1.165) is 5.56 Å². The first-order valence-electron chi connectivity index (χ1n) is 13.6. The van der Waals surface area contributed by atoms with Crippen LogP contribution < -0.4 is 24.4 Å². The zero-order valence-corrected chi connectivity index (χ0v) is 25.4. The molecule has 0 bridgehead atoms. The highest BCUT2D eigenvalue weighted by molar-refractivity contribution is 7.07. The topological polar surface area (TPSA) is 92.3 Å². The van der Waals surface area contributed by atoms with Gasteiger partial charge in [0.1, 0.15) is 11.5 Å². The third-order valence-electron chi connectivity index (χ3n) is 7.18. The van der Waals surface area contributed by atoms with Crippen molar-refractivity contribution in [3.63, 3.8) is 0 Å². The number of aromatic nitrogens is 1. The standard InChI is InChI=1S/C33H22Cl2N2O6S/c1-2-40-32(39)28-29(18-6-4-3-5-7-18)36-33-37(30(28)19-8-12-25-26(14-19)42-17-41-25)31(38)27(44-33)16-21-10-13-24(43-21)22-11-9-20(34)15-23(22)35/h3-16,30H,2,17H2,1H3/b27-16-/t30-/m1/s1. The molecule has 0 N–H and O–H groups in total. The van der Waals surface area contributed by atoms with Gasteiger partial charge in [-0.2, -0.15) is 0 Å². The number of halogens is 2. The number of furan rings is 1. The van der Waals surface area contributed by atoms with E-state index in [0.29, 0.717) is 59.2 Å². The molecule has 3 aromatic carbocycles. The largest absolute Gasteiger partial charge is 0.463 e. The predicted octanol–water partition coefficient (Wildman–Crippen LogP) is 6.23. The van der Waals surface area contributed by atoms with Crippen molar-refractivity contribution in [2.75, 3.05) is 13.4 Å². The molecule has 44 heavy (non-hydrogen) atoms. The van der Waals surface area contributed by atoms with Crippen LogP contribution in [0.2, 0.25) is 10.0 Å². The predicted molar refractivity (Wildman–Crippen MR) is 168 cm³/mol. The summed E-state index contributed by atoms with van der Waals surface area (Å²) in [6.45, 7) is 1.98. The van der Waals surface area contributed by atoms with Gasteiger partial charge >= 0.3 is 5.97 Å². The Morgan fingerprint density at radius 1 is 1.05 bits per heavy atom. The second-order valence-corrected chi connectivity index (χ2v) is 11.7. The van der Waals surface area contributed by atoms with E-state index in [1.54, 1.807) is 55.5 Å². The minimum Gasteiger partial charge on any atom is -0.463 e. The summed E-state index contributed by atoms with van der Waals surface area (Å²) in [5.74, 6) is 1.52. The van der Waals surface area contributed by atoms with Crippen molar-refractivity contribution in [2.24, 2.45) is 4.99 Å². The highest BCUT2D eigenvalue weighted by Gasteiger charge is 2.36. The molecule has 0 radical (unpaired) electrons. The van der Waals surface area contributed by atoms with Crippen molar-refractivity contribution < 1.29 is 23.4 Å². The second kappa shape index (κ2) is 11.5. The molecule has 0 saturated heterocycles. The summed E-state index contributed by atoms with van der Waals surface area (Å²) in [4.78, 5) is 33.1. The number of thiazole rings is 1. The maximum atomic E-state index is 14.1. The quantitative estimate of drug-likeness (QED) is 0.204. The SMILES string of the molecule is CCOC(=O)C1=C(c2ccccc2)N=c2s/c(=C\c3ccc(-c4ccc(Cl)cc4Cl)o3)c(=O)n2[C@@H]1c1ccc2c(c1)OCO2. The summed E-state index contributed by atoms with van der Waals surface area (Å²) in [6.07, 6.45) is 1.66. The van der Waals surface area contributed by atoms with Gasteiger partial charge in [-0.3, -0.25) is 9.36 Å². The summed E-state index contributed by atoms with van der Waals surface area (Å²) < 4.78 is 24.6. The number of benzene rings is 3. The molecule has 0 fully saturated rings. The Morgan fingerprint density at radius 2 is 1.86 bits per heavy atom. The fourth-order valence-corrected chi connectivity index (χ4v) is 6.72. The Labute approximate surface area is 264 Å². The van der Waals surface area contributed by atoms with E-state index in [9.17, 15) is 9.59 Å². The van der Waals surface area contributed by atoms with E-state index in [4.69, 9.17) is 46.8 Å². The lowest BCUT2D eigenvalue weighted by Crippen LogP contribution is -2.40. The molecule has 2 aliphatic rings. The van der Waals surface area contributed by atoms with Gasteiger partial charge in [0, 0.05) is 22.2 Å². The van der Waals surface area contributed by atoms with Gasteiger partial charge in [-0.15, -0.1) is 0 Å². The summed E-state index contributed by atoms with van der Waals surface area (Å²) in [6, 6.07) is 22.6. The van der Waals surface area contributed by atoms with Crippen LogP contribution in [0.4, 0.5) is 0 Å². The summed E-state index contributed by atoms with van der Waals surface area (Å²) in [7, 11) is 0. The molecule has 0 spiro atoms. The zero-order valence-electron chi connectivity index (χ0n) is 23.1. The molecule has 4 heterocycles. The molecule has 0 saturated carbocycles. The zero-order chi connectivity index (χ0) is 30.4. The van der Waals surface area contributed by atoms with Crippen molar-refractivity contribution in [3.8, 4) is 22.8 Å². The van der Waals surface area contributed by atoms with Crippen LogP contribution in [0.1, 0.15) is 29.9 Å². The molecule has 2 aliphatic heterocycles. The van der Waals surface area contributed by atoms with E-state index in [1.807, 2.05) is 36.4 Å². The lowest BCUT2D eigenvalue weighted by Gasteiger charge is -2.26. The lowest BCUT2D eigenvalue weighted by atomic mass is 9.93. The van der Waals surface area contributed by atoms with Gasteiger partial charge in [0.05, 0.1) is 33.5 Å². The van der Waals surface area contributed by atoms with Crippen LogP contribution in [0.15, 0.2) is 98.6 Å². The molecule has 11 heteroatoms. The highest BCUT2D eigenvalue weighted by Crippen LogP contribution is 2.40. The van der Waals surface area contributed by atoms with Crippen LogP contribution >= 0.6 is 34.5 Å². The van der Waals surface area contributed by atoms with Crippen molar-refractivity contribution in [1.29, 1.82) is 0 Å². The Morgan fingerprint density at radius 3 is 2.66 bits per heavy atom. The first-order valence-corrected chi connectivity index (χ1v) is 15.2. The van der Waals surface area contributed by atoms with Gasteiger partial charge in [-0.1, -0.05) is 70.9 Å². The molecule has 220 valence electrons. The molecule has 2 aromatic heterocycles.